The lowest BCUT2D eigenvalue weighted by atomic mass is 10.0. The number of hydrogen-bond donors (Lipinski definition) is 2. The first-order chi connectivity index (χ1) is 17.5. The van der Waals surface area contributed by atoms with E-state index >= 15 is 0 Å². The van der Waals surface area contributed by atoms with E-state index in [0.29, 0.717) is 28.3 Å². The molecule has 0 aliphatic heterocycles. The predicted molar refractivity (Wildman–Crippen MR) is 146 cm³/mol. The van der Waals surface area contributed by atoms with Crippen molar-refractivity contribution < 1.29 is 13.9 Å². The Balaban J connectivity index is 1.29. The molecule has 2 N–H and O–H groups in total. The van der Waals surface area contributed by atoms with E-state index < -0.39 is 0 Å². The number of aromatic nitrogens is 1. The van der Waals surface area contributed by atoms with E-state index in [-0.39, 0.29) is 11.0 Å². The van der Waals surface area contributed by atoms with Crippen LogP contribution in [0.2, 0.25) is 0 Å². The first-order valence-corrected chi connectivity index (χ1v) is 11.7. The first-order valence-electron chi connectivity index (χ1n) is 11.3. The minimum Gasteiger partial charge on any atom is -0.497 e. The lowest BCUT2D eigenvalue weighted by Crippen LogP contribution is -2.34. The molecule has 1 heterocycles. The zero-order valence-electron chi connectivity index (χ0n) is 19.7. The number of carbonyl (C=O) groups excluding carboxylic acids is 1. The monoisotopic (exact) mass is 493 g/mol. The lowest BCUT2D eigenvalue weighted by molar-refractivity contribution is 0.0977. The number of anilines is 1. The van der Waals surface area contributed by atoms with Crippen LogP contribution in [0.4, 0.5) is 5.69 Å². The Morgan fingerprint density at radius 2 is 1.61 bits per heavy atom. The van der Waals surface area contributed by atoms with Crippen LogP contribution in [0.25, 0.3) is 33.7 Å². The maximum absolute atomic E-state index is 12.7. The Labute approximate surface area is 213 Å². The summed E-state index contributed by atoms with van der Waals surface area (Å²) in [5, 5.41) is 6.08. The van der Waals surface area contributed by atoms with Crippen LogP contribution in [0.3, 0.4) is 0 Å². The van der Waals surface area contributed by atoms with E-state index in [4.69, 9.17) is 21.4 Å². The van der Waals surface area contributed by atoms with Gasteiger partial charge in [-0.3, -0.25) is 10.1 Å². The molecular formula is C29H23N3O3S. The van der Waals surface area contributed by atoms with E-state index in [0.717, 1.165) is 27.9 Å². The molecular weight excluding hydrogens is 470 g/mol. The average Bonchev–Trinajstić information content (AvgIpc) is 3.34. The zero-order valence-corrected chi connectivity index (χ0v) is 20.6. The average molecular weight is 494 g/mol. The van der Waals surface area contributed by atoms with Crippen LogP contribution >= 0.6 is 12.2 Å². The number of aryl methyl sites for hydroxylation is 1. The summed E-state index contributed by atoms with van der Waals surface area (Å²) < 4.78 is 11.2. The molecule has 5 rings (SSSR count). The second-order valence-corrected chi connectivity index (χ2v) is 8.64. The standard InChI is InChI=1S/C29H23N3O3S/c1-18-8-9-22(28-30-25-17-23(34-2)14-15-26(25)35-28)16-24(18)31-29(36)32-27(33)21-12-10-20(11-13-21)19-6-4-3-5-7-19/h3-17H,1-2H3,(H2,31,32,33,36). The van der Waals surface area contributed by atoms with E-state index in [9.17, 15) is 4.79 Å². The molecule has 6 nitrogen and oxygen atoms in total. The van der Waals surface area contributed by atoms with Crippen molar-refractivity contribution in [2.75, 3.05) is 12.4 Å². The number of rotatable bonds is 5. The number of oxazole rings is 1. The summed E-state index contributed by atoms with van der Waals surface area (Å²) in [7, 11) is 1.61. The van der Waals surface area contributed by atoms with Gasteiger partial charge in [0, 0.05) is 22.9 Å². The number of ether oxygens (including phenoxy) is 1. The van der Waals surface area contributed by atoms with Crippen LogP contribution < -0.4 is 15.4 Å². The molecule has 0 bridgehead atoms. The third-order valence-corrected chi connectivity index (χ3v) is 6.01. The minimum atomic E-state index is -0.284. The first kappa shape index (κ1) is 23.3. The highest BCUT2D eigenvalue weighted by atomic mass is 32.1. The smallest absolute Gasteiger partial charge is 0.257 e. The molecule has 0 fully saturated rings. The van der Waals surface area contributed by atoms with Gasteiger partial charge in [0.05, 0.1) is 7.11 Å². The molecule has 0 radical (unpaired) electrons. The summed E-state index contributed by atoms with van der Waals surface area (Å²) in [4.78, 5) is 17.3. The number of hydrogen-bond acceptors (Lipinski definition) is 5. The Hall–Kier alpha value is -4.49. The maximum atomic E-state index is 12.7. The summed E-state index contributed by atoms with van der Waals surface area (Å²) in [6.45, 7) is 1.95. The molecule has 1 amide bonds. The largest absolute Gasteiger partial charge is 0.497 e. The van der Waals surface area contributed by atoms with Gasteiger partial charge in [0.15, 0.2) is 10.7 Å². The van der Waals surface area contributed by atoms with Crippen LogP contribution in [-0.2, 0) is 0 Å². The molecule has 36 heavy (non-hydrogen) atoms. The van der Waals surface area contributed by atoms with Crippen LogP contribution in [0.5, 0.6) is 5.75 Å². The fourth-order valence-corrected chi connectivity index (χ4v) is 4.02. The molecule has 0 aliphatic rings. The van der Waals surface area contributed by atoms with Gasteiger partial charge < -0.3 is 14.5 Å². The molecule has 0 unspecified atom stereocenters. The molecule has 0 saturated heterocycles. The highest BCUT2D eigenvalue weighted by Gasteiger charge is 2.13. The van der Waals surface area contributed by atoms with Crippen molar-refractivity contribution in [3.63, 3.8) is 0 Å². The van der Waals surface area contributed by atoms with Crippen LogP contribution in [-0.4, -0.2) is 23.1 Å². The van der Waals surface area contributed by atoms with Gasteiger partial charge in [-0.2, -0.15) is 0 Å². The third kappa shape index (κ3) is 4.96. The van der Waals surface area contributed by atoms with Crippen LogP contribution in [0.15, 0.2) is 95.4 Å². The van der Waals surface area contributed by atoms with Gasteiger partial charge in [-0.25, -0.2) is 4.98 Å². The Kier molecular flexibility index (Phi) is 6.47. The van der Waals surface area contributed by atoms with Crippen LogP contribution in [0.1, 0.15) is 15.9 Å². The number of fused-ring (bicyclic) bond motifs is 1. The maximum Gasteiger partial charge on any atom is 0.257 e. The Morgan fingerprint density at radius 1 is 0.889 bits per heavy atom. The highest BCUT2D eigenvalue weighted by Crippen LogP contribution is 2.29. The molecule has 4 aromatic carbocycles. The third-order valence-electron chi connectivity index (χ3n) is 5.81. The summed E-state index contributed by atoms with van der Waals surface area (Å²) in [6.07, 6.45) is 0. The number of thiocarbonyl (C=S) groups is 1. The summed E-state index contributed by atoms with van der Waals surface area (Å²) >= 11 is 5.42. The summed E-state index contributed by atoms with van der Waals surface area (Å²) in [5.74, 6) is 0.910. The summed E-state index contributed by atoms with van der Waals surface area (Å²) in [6, 6.07) is 28.7. The topological polar surface area (TPSA) is 76.4 Å². The molecule has 0 atom stereocenters. The zero-order chi connectivity index (χ0) is 25.1. The van der Waals surface area contributed by atoms with Crippen molar-refractivity contribution in [3.05, 3.63) is 102 Å². The van der Waals surface area contributed by atoms with Crippen molar-refractivity contribution in [2.45, 2.75) is 6.92 Å². The highest BCUT2D eigenvalue weighted by molar-refractivity contribution is 7.80. The van der Waals surface area contributed by atoms with Gasteiger partial charge >= 0.3 is 0 Å². The molecule has 1 aromatic heterocycles. The quantitative estimate of drug-likeness (QED) is 0.269. The van der Waals surface area contributed by atoms with E-state index in [1.54, 1.807) is 19.2 Å². The van der Waals surface area contributed by atoms with Gasteiger partial charge in [-0.05, 0) is 72.2 Å². The van der Waals surface area contributed by atoms with Crippen molar-refractivity contribution in [2.24, 2.45) is 0 Å². The predicted octanol–water partition coefficient (Wildman–Crippen LogP) is 6.61. The van der Waals surface area contributed by atoms with Gasteiger partial charge in [-0.1, -0.05) is 48.5 Å². The summed E-state index contributed by atoms with van der Waals surface area (Å²) in [5.41, 5.74) is 6.52. The minimum absolute atomic E-state index is 0.203. The van der Waals surface area contributed by atoms with E-state index in [1.807, 2.05) is 85.8 Å². The van der Waals surface area contributed by atoms with Crippen molar-refractivity contribution >= 4 is 40.0 Å². The van der Waals surface area contributed by atoms with E-state index in [1.165, 1.54) is 0 Å². The molecule has 7 heteroatoms. The van der Waals surface area contributed by atoms with Crippen molar-refractivity contribution in [1.29, 1.82) is 0 Å². The SMILES string of the molecule is COc1ccc2oc(-c3ccc(C)c(NC(=S)NC(=O)c4ccc(-c5ccccc5)cc4)c3)nc2c1. The fraction of sp³-hybridized carbons (Fsp3) is 0.0690. The number of carbonyl (C=O) groups is 1. The molecule has 5 aromatic rings. The lowest BCUT2D eigenvalue weighted by Gasteiger charge is -2.13. The van der Waals surface area contributed by atoms with Crippen LogP contribution in [0, 0.1) is 6.92 Å². The van der Waals surface area contributed by atoms with Gasteiger partial charge in [0.1, 0.15) is 11.3 Å². The molecule has 0 saturated carbocycles. The van der Waals surface area contributed by atoms with Crippen molar-refractivity contribution in [1.82, 2.24) is 10.3 Å². The second kappa shape index (κ2) is 10.0. The molecule has 178 valence electrons. The Bertz CT molecular complexity index is 1560. The second-order valence-electron chi connectivity index (χ2n) is 8.23. The molecule has 0 aliphatic carbocycles. The number of amides is 1. The van der Waals surface area contributed by atoms with Gasteiger partial charge in [0.25, 0.3) is 5.91 Å². The number of methoxy groups -OCH3 is 1. The van der Waals surface area contributed by atoms with Gasteiger partial charge in [0.2, 0.25) is 5.89 Å². The molecule has 0 spiro atoms. The normalized spacial score (nSPS) is 10.7. The fourth-order valence-electron chi connectivity index (χ4n) is 3.82. The number of nitrogens with one attached hydrogen (secondary N) is 2. The number of nitrogens with zero attached hydrogens (tertiary/aromatic N) is 1. The van der Waals surface area contributed by atoms with E-state index in [2.05, 4.69) is 15.6 Å². The van der Waals surface area contributed by atoms with Gasteiger partial charge in [-0.15, -0.1) is 0 Å². The number of benzene rings is 4. The van der Waals surface area contributed by atoms with Crippen molar-refractivity contribution in [3.8, 4) is 28.3 Å². The Morgan fingerprint density at radius 3 is 2.36 bits per heavy atom.